The Balaban J connectivity index is 2.39. The molecule has 1 N–H and O–H groups in total. The quantitative estimate of drug-likeness (QED) is 0.375. The fourth-order valence-electron chi connectivity index (χ4n) is 2.59. The molecule has 0 saturated carbocycles. The van der Waals surface area contributed by atoms with E-state index in [9.17, 15) is 21.6 Å². The van der Waals surface area contributed by atoms with E-state index in [0.717, 1.165) is 11.1 Å². The van der Waals surface area contributed by atoms with Crippen LogP contribution in [0.5, 0.6) is 0 Å². The van der Waals surface area contributed by atoms with Crippen LogP contribution < -0.4 is 4.72 Å². The molecule has 1 unspecified atom stereocenters. The van der Waals surface area contributed by atoms with E-state index >= 15 is 0 Å². The van der Waals surface area contributed by atoms with Crippen molar-refractivity contribution >= 4 is 33.0 Å². The van der Waals surface area contributed by atoms with Gasteiger partial charge >= 0.3 is 15.5 Å². The SMILES string of the molecule is CCC/C(=N\OC(C)c1ccc(Cl)cc1)c1cc(C)ccc1NS(=O)(=O)C(F)(F)F. The minimum atomic E-state index is -5.57. The molecule has 0 radical (unpaired) electrons. The minimum Gasteiger partial charge on any atom is -0.388 e. The fourth-order valence-corrected chi connectivity index (χ4v) is 3.30. The van der Waals surface area contributed by atoms with Crippen LogP contribution in [0, 0.1) is 6.92 Å². The van der Waals surface area contributed by atoms with Crippen LogP contribution in [0.2, 0.25) is 5.02 Å². The van der Waals surface area contributed by atoms with Crippen molar-refractivity contribution in [3.63, 3.8) is 0 Å². The second-order valence-corrected chi connectivity index (χ2v) is 8.80. The van der Waals surface area contributed by atoms with Crippen molar-refractivity contribution in [1.82, 2.24) is 0 Å². The van der Waals surface area contributed by atoms with Gasteiger partial charge in [-0.3, -0.25) is 4.72 Å². The van der Waals surface area contributed by atoms with Gasteiger partial charge in [-0.2, -0.15) is 21.6 Å². The first-order chi connectivity index (χ1) is 13.9. The maximum atomic E-state index is 12.8. The van der Waals surface area contributed by atoms with Gasteiger partial charge < -0.3 is 4.84 Å². The zero-order valence-corrected chi connectivity index (χ0v) is 18.2. The van der Waals surface area contributed by atoms with Gasteiger partial charge in [0.15, 0.2) is 0 Å². The molecule has 0 aliphatic rings. The molecule has 0 bridgehead atoms. The molecule has 5 nitrogen and oxygen atoms in total. The summed E-state index contributed by atoms with van der Waals surface area (Å²) in [5.74, 6) is 0. The zero-order chi connectivity index (χ0) is 22.5. The number of benzene rings is 2. The Morgan fingerprint density at radius 1 is 1.20 bits per heavy atom. The van der Waals surface area contributed by atoms with Crippen LogP contribution in [0.3, 0.4) is 0 Å². The summed E-state index contributed by atoms with van der Waals surface area (Å²) < 4.78 is 63.3. The standard InChI is InChI=1S/C20H22ClF3N2O3S/c1-4-5-18(25-29-14(3)15-7-9-16(21)10-8-15)17-12-13(2)6-11-19(17)26-30(27,28)20(22,23)24/h6-12,14,26H,4-5H2,1-3H3/b25-18+. The summed E-state index contributed by atoms with van der Waals surface area (Å²) in [5, 5.41) is 4.72. The molecule has 0 heterocycles. The molecule has 2 aromatic carbocycles. The normalized spacial score (nSPS) is 13.8. The van der Waals surface area contributed by atoms with Crippen molar-refractivity contribution in [3.05, 3.63) is 64.2 Å². The first-order valence-corrected chi connectivity index (χ1v) is 11.0. The van der Waals surface area contributed by atoms with Crippen LogP contribution in [0.1, 0.15) is 49.5 Å². The molecule has 0 fully saturated rings. The second-order valence-electron chi connectivity index (χ2n) is 6.69. The number of hydrogen-bond acceptors (Lipinski definition) is 4. The molecule has 30 heavy (non-hydrogen) atoms. The predicted molar refractivity (Wildman–Crippen MR) is 112 cm³/mol. The highest BCUT2D eigenvalue weighted by molar-refractivity contribution is 7.93. The summed E-state index contributed by atoms with van der Waals surface area (Å²) in [6.07, 6.45) is 0.545. The van der Waals surface area contributed by atoms with E-state index in [-0.39, 0.29) is 11.3 Å². The summed E-state index contributed by atoms with van der Waals surface area (Å²) >= 11 is 5.88. The average Bonchev–Trinajstić information content (AvgIpc) is 2.66. The molecular weight excluding hydrogens is 441 g/mol. The summed E-state index contributed by atoms with van der Waals surface area (Å²) in [7, 11) is -5.57. The molecule has 2 aromatic rings. The number of halogens is 4. The molecular formula is C20H22ClF3N2O3S. The molecule has 1 atom stereocenters. The highest BCUT2D eigenvalue weighted by Crippen LogP contribution is 2.29. The lowest BCUT2D eigenvalue weighted by atomic mass is 10.0. The number of anilines is 1. The second kappa shape index (κ2) is 9.70. The number of nitrogens with one attached hydrogen (secondary N) is 1. The van der Waals surface area contributed by atoms with E-state index in [1.54, 1.807) is 48.9 Å². The zero-order valence-electron chi connectivity index (χ0n) is 16.6. The molecule has 0 aliphatic heterocycles. The monoisotopic (exact) mass is 462 g/mol. The number of oxime groups is 1. The summed E-state index contributed by atoms with van der Waals surface area (Å²) in [6.45, 7) is 5.37. The summed E-state index contributed by atoms with van der Waals surface area (Å²) in [6, 6.07) is 11.3. The molecule has 0 saturated heterocycles. The van der Waals surface area contributed by atoms with Gasteiger partial charge in [0.1, 0.15) is 6.10 Å². The van der Waals surface area contributed by atoms with Gasteiger partial charge in [-0.1, -0.05) is 53.9 Å². The number of aryl methyl sites for hydroxylation is 1. The Bertz CT molecular complexity index is 1010. The first kappa shape index (κ1) is 24.0. The third kappa shape index (κ3) is 6.12. The highest BCUT2D eigenvalue weighted by atomic mass is 35.5. The van der Waals surface area contributed by atoms with Crippen molar-refractivity contribution < 1.29 is 26.4 Å². The lowest BCUT2D eigenvalue weighted by Crippen LogP contribution is -2.30. The van der Waals surface area contributed by atoms with Crippen molar-refractivity contribution in [2.45, 2.75) is 45.2 Å². The van der Waals surface area contributed by atoms with Crippen molar-refractivity contribution in [2.24, 2.45) is 5.16 Å². The van der Waals surface area contributed by atoms with Crippen molar-refractivity contribution in [2.75, 3.05) is 4.72 Å². The topological polar surface area (TPSA) is 67.8 Å². The van der Waals surface area contributed by atoms with Crippen molar-refractivity contribution in [3.8, 4) is 0 Å². The molecule has 164 valence electrons. The molecule has 10 heteroatoms. The minimum absolute atomic E-state index is 0.215. The van der Waals surface area contributed by atoms with E-state index in [1.807, 2.05) is 6.92 Å². The smallest absolute Gasteiger partial charge is 0.388 e. The Kier molecular flexibility index (Phi) is 7.76. The van der Waals surface area contributed by atoms with Gasteiger partial charge in [0.2, 0.25) is 0 Å². The summed E-state index contributed by atoms with van der Waals surface area (Å²) in [4.78, 5) is 5.57. The number of hydrogen-bond donors (Lipinski definition) is 1. The van der Waals surface area contributed by atoms with Gasteiger partial charge in [0.25, 0.3) is 0 Å². The first-order valence-electron chi connectivity index (χ1n) is 9.13. The van der Waals surface area contributed by atoms with E-state index < -0.39 is 21.6 Å². The third-order valence-electron chi connectivity index (χ3n) is 4.18. The Morgan fingerprint density at radius 2 is 1.83 bits per heavy atom. The van der Waals surface area contributed by atoms with Crippen LogP contribution in [-0.4, -0.2) is 19.6 Å². The van der Waals surface area contributed by atoms with Crippen LogP contribution in [-0.2, 0) is 14.9 Å². The third-order valence-corrected chi connectivity index (χ3v) is 5.53. The summed E-state index contributed by atoms with van der Waals surface area (Å²) in [5.41, 5.74) is -3.55. The maximum absolute atomic E-state index is 12.8. The molecule has 0 spiro atoms. The number of rotatable bonds is 8. The maximum Gasteiger partial charge on any atom is 0.516 e. The van der Waals surface area contributed by atoms with E-state index in [0.29, 0.717) is 23.6 Å². The lowest BCUT2D eigenvalue weighted by molar-refractivity contribution is -0.0429. The van der Waals surface area contributed by atoms with Gasteiger partial charge in [-0.05, 0) is 50.1 Å². The van der Waals surface area contributed by atoms with Gasteiger partial charge in [-0.25, -0.2) is 0 Å². The Labute approximate surface area is 178 Å². The predicted octanol–water partition coefficient (Wildman–Crippen LogP) is 6.19. The largest absolute Gasteiger partial charge is 0.516 e. The fraction of sp³-hybridized carbons (Fsp3) is 0.350. The van der Waals surface area contributed by atoms with Gasteiger partial charge in [-0.15, -0.1) is 0 Å². The van der Waals surface area contributed by atoms with Crippen LogP contribution in [0.4, 0.5) is 18.9 Å². The molecule has 0 aliphatic carbocycles. The number of nitrogens with zero attached hydrogens (tertiary/aromatic N) is 1. The Hall–Kier alpha value is -2.26. The molecule has 0 amide bonds. The van der Waals surface area contributed by atoms with Gasteiger partial charge in [0.05, 0.1) is 11.4 Å². The Morgan fingerprint density at radius 3 is 2.40 bits per heavy atom. The number of sulfonamides is 1. The average molecular weight is 463 g/mol. The van der Waals surface area contributed by atoms with Crippen molar-refractivity contribution in [1.29, 1.82) is 0 Å². The van der Waals surface area contributed by atoms with E-state index in [2.05, 4.69) is 5.16 Å². The molecule has 0 aromatic heterocycles. The van der Waals surface area contributed by atoms with E-state index in [4.69, 9.17) is 16.4 Å². The molecule has 2 rings (SSSR count). The number of alkyl halides is 3. The van der Waals surface area contributed by atoms with Crippen LogP contribution in [0.25, 0.3) is 0 Å². The highest BCUT2D eigenvalue weighted by Gasteiger charge is 2.46. The van der Waals surface area contributed by atoms with E-state index in [1.165, 1.54) is 12.1 Å². The lowest BCUT2D eigenvalue weighted by Gasteiger charge is -2.17. The van der Waals surface area contributed by atoms with Gasteiger partial charge in [0, 0.05) is 10.6 Å². The van der Waals surface area contributed by atoms with Crippen LogP contribution in [0.15, 0.2) is 47.6 Å². The van der Waals surface area contributed by atoms with Crippen LogP contribution >= 0.6 is 11.6 Å².